The van der Waals surface area contributed by atoms with Crippen LogP contribution in [-0.2, 0) is 22.6 Å². The van der Waals surface area contributed by atoms with Crippen molar-refractivity contribution < 1.29 is 34.8 Å². The van der Waals surface area contributed by atoms with E-state index in [9.17, 15) is 34.8 Å². The van der Waals surface area contributed by atoms with E-state index in [0.717, 1.165) is 10.5 Å². The van der Waals surface area contributed by atoms with Gasteiger partial charge in [0, 0.05) is 53.5 Å². The molecule has 1 fully saturated rings. The van der Waals surface area contributed by atoms with E-state index in [1.54, 1.807) is 36.8 Å². The van der Waals surface area contributed by atoms with Gasteiger partial charge < -0.3 is 41.3 Å². The van der Waals surface area contributed by atoms with Gasteiger partial charge in [0.05, 0.1) is 17.4 Å². The number of rotatable bonds is 7. The number of ketones is 2. The van der Waals surface area contributed by atoms with Gasteiger partial charge in [-0.1, -0.05) is 39.0 Å². The minimum atomic E-state index is -2.63. The summed E-state index contributed by atoms with van der Waals surface area (Å²) < 4.78 is -0.0221. The zero-order valence-corrected chi connectivity index (χ0v) is 28.1. The molecule has 11 nitrogen and oxygen atoms in total. The molecular weight excluding hydrogens is 608 g/mol. The summed E-state index contributed by atoms with van der Waals surface area (Å²) >= 11 is 1.73. The van der Waals surface area contributed by atoms with Gasteiger partial charge in [-0.05, 0) is 56.1 Å². The molecule has 2 unspecified atom stereocenters. The normalized spacial score (nSPS) is 27.7. The minimum Gasteiger partial charge on any atom is -0.508 e. The second-order valence-corrected chi connectivity index (χ2v) is 15.9. The monoisotopic (exact) mass is 652 g/mol. The minimum absolute atomic E-state index is 0.0221. The van der Waals surface area contributed by atoms with Gasteiger partial charge in [-0.25, -0.2) is 0 Å². The van der Waals surface area contributed by atoms with E-state index in [0.29, 0.717) is 23.5 Å². The Hall–Kier alpha value is -3.58. The highest BCUT2D eigenvalue weighted by molar-refractivity contribution is 8.00. The molecule has 5 rings (SSSR count). The first-order chi connectivity index (χ1) is 21.4. The lowest BCUT2D eigenvalue weighted by molar-refractivity contribution is -0.178. The maximum atomic E-state index is 14.3. The summed E-state index contributed by atoms with van der Waals surface area (Å²) in [5, 5.41) is 49.6. The Kier molecular flexibility index (Phi) is 8.73. The summed E-state index contributed by atoms with van der Waals surface area (Å²) in [6.45, 7) is 6.75. The molecule has 0 aliphatic heterocycles. The van der Waals surface area contributed by atoms with Crippen molar-refractivity contribution in [3.05, 3.63) is 58.4 Å². The van der Waals surface area contributed by atoms with Gasteiger partial charge in [0.25, 0.3) is 0 Å². The van der Waals surface area contributed by atoms with Crippen LogP contribution in [-0.4, -0.2) is 93.5 Å². The third-order valence-corrected chi connectivity index (χ3v) is 10.6. The zero-order chi connectivity index (χ0) is 34.0. The van der Waals surface area contributed by atoms with Crippen LogP contribution in [0.1, 0.15) is 48.7 Å². The van der Waals surface area contributed by atoms with Crippen molar-refractivity contribution in [2.75, 3.05) is 38.4 Å². The van der Waals surface area contributed by atoms with Crippen LogP contribution >= 0.6 is 11.8 Å². The number of hydrogen-bond acceptors (Lipinski definition) is 11. The van der Waals surface area contributed by atoms with Crippen LogP contribution in [0.2, 0.25) is 0 Å². The third kappa shape index (κ3) is 5.44. The van der Waals surface area contributed by atoms with E-state index in [4.69, 9.17) is 5.73 Å². The fourth-order valence-electron chi connectivity index (χ4n) is 7.46. The lowest BCUT2D eigenvalue weighted by atomic mass is 9.56. The number of amides is 1. The molecule has 1 saturated carbocycles. The van der Waals surface area contributed by atoms with Crippen LogP contribution < -0.4 is 16.0 Å². The van der Waals surface area contributed by atoms with E-state index in [-0.39, 0.29) is 34.5 Å². The summed E-state index contributed by atoms with van der Waals surface area (Å²) in [4.78, 5) is 44.8. The van der Waals surface area contributed by atoms with E-state index < -0.39 is 58.7 Å². The Bertz CT molecular complexity index is 1630. The maximum absolute atomic E-state index is 14.3. The Morgan fingerprint density at radius 2 is 1.78 bits per heavy atom. The molecule has 3 aliphatic carbocycles. The number of nitrogens with one attached hydrogen (secondary N) is 1. The molecule has 0 aromatic heterocycles. The van der Waals surface area contributed by atoms with Crippen molar-refractivity contribution in [3.8, 4) is 5.75 Å². The number of likely N-dealkylation sites (N-methyl/N-ethyl adjacent to an activating group) is 1. The van der Waals surface area contributed by atoms with E-state index in [2.05, 4.69) is 26.1 Å². The molecule has 248 valence electrons. The number of carbonyl (C=O) groups is 3. The SMILES string of the molecule is CN(C)c1cc(NCc2ccccc2SC(C)(C)C)c(O)c2c1C[C@H]1C[C@H]3[C@H](N(C)C)C(O)C(C(N)=O)C(=O)[C@@]3(O)C(O)=C1C2=O. The standard InChI is InChI=1S/C34H44N4O7S/c1-33(2,3)46-22-11-9-8-10-16(22)15-36-20-14-21(37(4)5)18-12-17-13-19-26(38(6)7)29(41)25(32(35)44)31(43)34(19,45)30(42)23(17)28(40)24(18)27(20)39/h8-11,14,17,19,25-26,29,36,39,41-42,45H,12-13,15H2,1-7H3,(H2,35,44)/t17-,19-,25?,26-,29?,34-/m0/s1. The molecule has 0 radical (unpaired) electrons. The van der Waals surface area contributed by atoms with Gasteiger partial charge in [0.1, 0.15) is 17.4 Å². The fourth-order valence-corrected chi connectivity index (χ4v) is 8.54. The second kappa shape index (κ2) is 11.9. The summed E-state index contributed by atoms with van der Waals surface area (Å²) in [5.74, 6) is -7.59. The van der Waals surface area contributed by atoms with E-state index in [1.165, 1.54) is 0 Å². The molecule has 6 atom stereocenters. The number of Topliss-reactive ketones (excluding diaryl/α,β-unsaturated/α-hetero) is 2. The average molecular weight is 653 g/mol. The molecule has 0 bridgehead atoms. The quantitative estimate of drug-likeness (QED) is 0.147. The number of thioether (sulfide) groups is 1. The average Bonchev–Trinajstić information content (AvgIpc) is 2.94. The molecule has 0 saturated heterocycles. The molecular formula is C34H44N4O7S. The van der Waals surface area contributed by atoms with Gasteiger partial charge in [0.2, 0.25) is 5.91 Å². The predicted octanol–water partition coefficient (Wildman–Crippen LogP) is 2.85. The molecule has 7 N–H and O–H groups in total. The Labute approximate surface area is 273 Å². The summed E-state index contributed by atoms with van der Waals surface area (Å²) in [6, 6.07) is 8.83. The van der Waals surface area contributed by atoms with Crippen LogP contribution in [0.15, 0.2) is 46.6 Å². The van der Waals surface area contributed by atoms with Gasteiger partial charge >= 0.3 is 0 Å². The number of benzene rings is 2. The fraction of sp³-hybridized carbons (Fsp3) is 0.500. The highest BCUT2D eigenvalue weighted by Gasteiger charge is 2.66. The van der Waals surface area contributed by atoms with Crippen molar-refractivity contribution in [3.63, 3.8) is 0 Å². The number of aromatic hydroxyl groups is 1. The Morgan fingerprint density at radius 3 is 2.37 bits per heavy atom. The first kappa shape index (κ1) is 33.8. The van der Waals surface area contributed by atoms with Crippen molar-refractivity contribution in [1.29, 1.82) is 0 Å². The van der Waals surface area contributed by atoms with Crippen molar-refractivity contribution >= 4 is 40.6 Å². The first-order valence-electron chi connectivity index (χ1n) is 15.4. The molecule has 12 heteroatoms. The number of phenols is 1. The molecule has 0 spiro atoms. The number of phenolic OH excluding ortho intramolecular Hbond substituents is 1. The number of carbonyl (C=O) groups excluding carboxylic acids is 3. The van der Waals surface area contributed by atoms with Crippen molar-refractivity contribution in [2.24, 2.45) is 23.5 Å². The molecule has 1 amide bonds. The second-order valence-electron chi connectivity index (χ2n) is 14.0. The zero-order valence-electron chi connectivity index (χ0n) is 27.3. The largest absolute Gasteiger partial charge is 0.508 e. The molecule has 2 aromatic carbocycles. The van der Waals surface area contributed by atoms with Gasteiger partial charge in [0.15, 0.2) is 17.2 Å². The van der Waals surface area contributed by atoms with Gasteiger partial charge in [-0.3, -0.25) is 14.4 Å². The van der Waals surface area contributed by atoms with Gasteiger partial charge in [-0.2, -0.15) is 0 Å². The number of aliphatic hydroxyl groups is 3. The number of aliphatic hydroxyl groups excluding tert-OH is 2. The molecule has 2 aromatic rings. The maximum Gasteiger partial charge on any atom is 0.230 e. The third-order valence-electron chi connectivity index (χ3n) is 9.41. The lowest BCUT2D eigenvalue weighted by Crippen LogP contribution is -2.71. The van der Waals surface area contributed by atoms with Crippen LogP contribution in [0.25, 0.3) is 0 Å². The lowest BCUT2D eigenvalue weighted by Gasteiger charge is -2.53. The number of hydrogen-bond donors (Lipinski definition) is 6. The summed E-state index contributed by atoms with van der Waals surface area (Å²) in [7, 11) is 6.94. The molecule has 3 aliphatic rings. The first-order valence-corrected chi connectivity index (χ1v) is 16.2. The van der Waals surface area contributed by atoms with E-state index >= 15 is 0 Å². The van der Waals surface area contributed by atoms with Crippen LogP contribution in [0.4, 0.5) is 11.4 Å². The molecule has 46 heavy (non-hydrogen) atoms. The highest BCUT2D eigenvalue weighted by atomic mass is 32.2. The highest BCUT2D eigenvalue weighted by Crippen LogP contribution is 2.54. The number of nitrogens with zero attached hydrogens (tertiary/aromatic N) is 2. The van der Waals surface area contributed by atoms with Crippen LogP contribution in [0.3, 0.4) is 0 Å². The number of anilines is 2. The Morgan fingerprint density at radius 1 is 1.13 bits per heavy atom. The van der Waals surface area contributed by atoms with Crippen LogP contribution in [0.5, 0.6) is 5.75 Å². The number of nitrogens with two attached hydrogens (primary N) is 1. The number of fused-ring (bicyclic) bond motifs is 3. The summed E-state index contributed by atoms with van der Waals surface area (Å²) in [5.41, 5.74) is 5.25. The topological polar surface area (TPSA) is 177 Å². The van der Waals surface area contributed by atoms with E-state index in [1.807, 2.05) is 43.3 Å². The number of primary amides is 1. The van der Waals surface area contributed by atoms with Crippen molar-refractivity contribution in [1.82, 2.24) is 4.90 Å². The van der Waals surface area contributed by atoms with Crippen molar-refractivity contribution in [2.45, 2.75) is 67.5 Å². The predicted molar refractivity (Wildman–Crippen MR) is 177 cm³/mol. The Balaban J connectivity index is 1.60. The van der Waals surface area contributed by atoms with Gasteiger partial charge in [-0.15, -0.1) is 11.8 Å². The number of allylic oxidation sites excluding steroid dienone is 1. The smallest absolute Gasteiger partial charge is 0.230 e. The van der Waals surface area contributed by atoms with Crippen LogP contribution in [0, 0.1) is 17.8 Å². The molecule has 0 heterocycles. The summed E-state index contributed by atoms with van der Waals surface area (Å²) in [6.07, 6.45) is -1.23.